The lowest BCUT2D eigenvalue weighted by Gasteiger charge is -2.20. The molecule has 0 fully saturated rings. The van der Waals surface area contributed by atoms with Crippen molar-refractivity contribution in [3.8, 4) is 0 Å². The molecule has 0 radical (unpaired) electrons. The SMILES string of the molecule is CC[C@H](O)/C=C/C=C\C/C=C\C/C=C\C/C=C\CCCC(=O)OC[C@H](COP(=O)(O)OC[C@@H](O)CO)OC(=O)CCCCCCCCCCCC(C)C. The first-order valence-electron chi connectivity index (χ1n) is 19.7. The van der Waals surface area contributed by atoms with Crippen LogP contribution in [0.5, 0.6) is 0 Å². The molecule has 0 aromatic rings. The summed E-state index contributed by atoms with van der Waals surface area (Å²) in [6.07, 6.45) is 33.0. The molecule has 0 saturated carbocycles. The first kappa shape index (κ1) is 50.6. The Balaban J connectivity index is 4.47. The Morgan fingerprint density at radius 3 is 1.83 bits per heavy atom. The Morgan fingerprint density at radius 1 is 0.679 bits per heavy atom. The first-order chi connectivity index (χ1) is 25.5. The lowest BCUT2D eigenvalue weighted by Crippen LogP contribution is -2.29. The molecule has 0 aromatic heterocycles. The van der Waals surface area contributed by atoms with Gasteiger partial charge >= 0.3 is 19.8 Å². The summed E-state index contributed by atoms with van der Waals surface area (Å²) in [5, 5.41) is 27.7. The molecular formula is C41H71O11P. The number of unbranched alkanes of at least 4 members (excludes halogenated alkanes) is 9. The van der Waals surface area contributed by atoms with Crippen molar-refractivity contribution in [2.24, 2.45) is 5.92 Å². The second kappa shape index (κ2) is 35.3. The zero-order valence-electron chi connectivity index (χ0n) is 32.7. The van der Waals surface area contributed by atoms with Crippen LogP contribution < -0.4 is 0 Å². The molecule has 4 N–H and O–H groups in total. The standard InChI is InChI=1S/C41H71O11P/c1-4-37(43)29-25-21-17-13-9-7-5-6-8-10-14-18-22-26-30-40(45)49-34-39(35-51-53(47,48)50-33-38(44)32-42)52-41(46)31-27-23-19-15-11-12-16-20-24-28-36(2)3/h6-9,14,17-18,21,25,29,36-39,42-44H,4-5,10-13,15-16,19-20,22-24,26-28,30-35H2,1-3H3,(H,47,48)/b8-6-,9-7-,18-14-,21-17-,29-25+/t37-,38-,39+/m0/s1. The molecule has 0 aliphatic heterocycles. The number of hydrogen-bond donors (Lipinski definition) is 4. The molecule has 0 aromatic carbocycles. The smallest absolute Gasteiger partial charge is 0.462 e. The van der Waals surface area contributed by atoms with Crippen LogP contribution >= 0.6 is 7.82 Å². The molecule has 53 heavy (non-hydrogen) atoms. The lowest BCUT2D eigenvalue weighted by molar-refractivity contribution is -0.161. The van der Waals surface area contributed by atoms with E-state index in [-0.39, 0.29) is 25.6 Å². The number of rotatable bonds is 35. The van der Waals surface area contributed by atoms with E-state index in [4.69, 9.17) is 19.1 Å². The molecule has 0 rings (SSSR count). The monoisotopic (exact) mass is 770 g/mol. The summed E-state index contributed by atoms with van der Waals surface area (Å²) in [6, 6.07) is 0. The highest BCUT2D eigenvalue weighted by Gasteiger charge is 2.27. The van der Waals surface area contributed by atoms with Crippen LogP contribution in [0.4, 0.5) is 0 Å². The molecule has 0 heterocycles. The van der Waals surface area contributed by atoms with Gasteiger partial charge in [0, 0.05) is 12.8 Å². The van der Waals surface area contributed by atoms with Crippen molar-refractivity contribution in [3.05, 3.63) is 60.8 Å². The van der Waals surface area contributed by atoms with E-state index in [1.807, 2.05) is 37.3 Å². The van der Waals surface area contributed by atoms with E-state index < -0.39 is 51.8 Å². The third-order valence-electron chi connectivity index (χ3n) is 8.02. The van der Waals surface area contributed by atoms with E-state index >= 15 is 0 Å². The minimum absolute atomic E-state index is 0.147. The van der Waals surface area contributed by atoms with Crippen LogP contribution in [-0.2, 0) is 32.7 Å². The average molecular weight is 771 g/mol. The highest BCUT2D eigenvalue weighted by Crippen LogP contribution is 2.43. The maximum atomic E-state index is 12.5. The van der Waals surface area contributed by atoms with Gasteiger partial charge in [0.2, 0.25) is 0 Å². The van der Waals surface area contributed by atoms with Crippen molar-refractivity contribution in [1.29, 1.82) is 0 Å². The predicted octanol–water partition coefficient (Wildman–Crippen LogP) is 8.77. The van der Waals surface area contributed by atoms with Crippen molar-refractivity contribution < 1.29 is 52.9 Å². The summed E-state index contributed by atoms with van der Waals surface area (Å²) in [4.78, 5) is 34.8. The number of hydrogen-bond acceptors (Lipinski definition) is 10. The fourth-order valence-corrected chi connectivity index (χ4v) is 5.60. The predicted molar refractivity (Wildman–Crippen MR) is 211 cm³/mol. The van der Waals surface area contributed by atoms with Gasteiger partial charge in [-0.25, -0.2) is 4.57 Å². The zero-order chi connectivity index (χ0) is 39.4. The van der Waals surface area contributed by atoms with Gasteiger partial charge in [0.15, 0.2) is 6.10 Å². The van der Waals surface area contributed by atoms with Crippen molar-refractivity contribution in [3.63, 3.8) is 0 Å². The third-order valence-corrected chi connectivity index (χ3v) is 8.97. The Labute approximate surface area is 319 Å². The first-order valence-corrected chi connectivity index (χ1v) is 21.2. The minimum atomic E-state index is -4.63. The van der Waals surface area contributed by atoms with Crippen molar-refractivity contribution in [2.45, 2.75) is 155 Å². The zero-order valence-corrected chi connectivity index (χ0v) is 33.6. The summed E-state index contributed by atoms with van der Waals surface area (Å²) in [5.41, 5.74) is 0. The van der Waals surface area contributed by atoms with Gasteiger partial charge in [-0.15, -0.1) is 0 Å². The molecule has 0 aliphatic rings. The number of phosphoric acid groups is 1. The average Bonchev–Trinajstić information content (AvgIpc) is 3.13. The van der Waals surface area contributed by atoms with Gasteiger partial charge < -0.3 is 29.7 Å². The Kier molecular flexibility index (Phi) is 33.8. The molecule has 0 saturated heterocycles. The maximum absolute atomic E-state index is 12.5. The Morgan fingerprint density at radius 2 is 1.23 bits per heavy atom. The molecule has 1 unspecified atom stereocenters. The quantitative estimate of drug-likeness (QED) is 0.0160. The van der Waals surface area contributed by atoms with E-state index in [9.17, 15) is 29.3 Å². The number of carbonyl (C=O) groups is 2. The van der Waals surface area contributed by atoms with Gasteiger partial charge in [-0.05, 0) is 50.9 Å². The molecule has 0 aliphatic carbocycles. The van der Waals surface area contributed by atoms with Crippen molar-refractivity contribution >= 4 is 19.8 Å². The van der Waals surface area contributed by atoms with Crippen LogP contribution in [-0.4, -0.2) is 76.9 Å². The van der Waals surface area contributed by atoms with Crippen LogP contribution in [0.2, 0.25) is 0 Å². The van der Waals surface area contributed by atoms with E-state index in [2.05, 4.69) is 42.7 Å². The third kappa shape index (κ3) is 36.4. The topological polar surface area (TPSA) is 169 Å². The van der Waals surface area contributed by atoms with Crippen LogP contribution in [0.3, 0.4) is 0 Å². The van der Waals surface area contributed by atoms with E-state index in [0.717, 1.165) is 44.4 Å². The van der Waals surface area contributed by atoms with Gasteiger partial charge in [-0.3, -0.25) is 18.6 Å². The second-order valence-corrected chi connectivity index (χ2v) is 15.1. The second-order valence-electron chi connectivity index (χ2n) is 13.6. The molecule has 11 nitrogen and oxygen atoms in total. The summed E-state index contributed by atoms with van der Waals surface area (Å²) < 4.78 is 32.5. The van der Waals surface area contributed by atoms with Crippen molar-refractivity contribution in [2.75, 3.05) is 26.4 Å². The van der Waals surface area contributed by atoms with Gasteiger partial charge in [0.25, 0.3) is 0 Å². The van der Waals surface area contributed by atoms with Crippen LogP contribution in [0.25, 0.3) is 0 Å². The van der Waals surface area contributed by atoms with Crippen LogP contribution in [0, 0.1) is 5.92 Å². The van der Waals surface area contributed by atoms with Gasteiger partial charge in [0.1, 0.15) is 12.7 Å². The fraction of sp³-hybridized carbons (Fsp3) is 0.707. The lowest BCUT2D eigenvalue weighted by atomic mass is 10.0. The summed E-state index contributed by atoms with van der Waals surface area (Å²) in [6.45, 7) is 4.23. The number of phosphoric ester groups is 1. The Bertz CT molecular complexity index is 1100. The van der Waals surface area contributed by atoms with E-state index in [0.29, 0.717) is 25.7 Å². The molecule has 0 amide bonds. The van der Waals surface area contributed by atoms with Crippen LogP contribution in [0.1, 0.15) is 136 Å². The number of aliphatic hydroxyl groups is 3. The summed E-state index contributed by atoms with van der Waals surface area (Å²) in [7, 11) is -4.63. The molecule has 0 spiro atoms. The van der Waals surface area contributed by atoms with E-state index in [1.54, 1.807) is 6.08 Å². The highest BCUT2D eigenvalue weighted by molar-refractivity contribution is 7.47. The Hall–Kier alpha value is -2.37. The maximum Gasteiger partial charge on any atom is 0.472 e. The fourth-order valence-electron chi connectivity index (χ4n) is 4.81. The molecule has 306 valence electrons. The number of ether oxygens (including phenoxy) is 2. The van der Waals surface area contributed by atoms with Gasteiger partial charge in [-0.1, -0.05) is 139 Å². The number of esters is 2. The summed E-state index contributed by atoms with van der Waals surface area (Å²) >= 11 is 0. The minimum Gasteiger partial charge on any atom is -0.462 e. The number of allylic oxidation sites excluding steroid dienone is 9. The van der Waals surface area contributed by atoms with Gasteiger partial charge in [0.05, 0.1) is 25.9 Å². The molecular weight excluding hydrogens is 699 g/mol. The van der Waals surface area contributed by atoms with Gasteiger partial charge in [-0.2, -0.15) is 0 Å². The molecule has 4 atom stereocenters. The summed E-state index contributed by atoms with van der Waals surface area (Å²) in [5.74, 6) is -0.255. The largest absolute Gasteiger partial charge is 0.472 e. The highest BCUT2D eigenvalue weighted by atomic mass is 31.2. The van der Waals surface area contributed by atoms with E-state index in [1.165, 1.54) is 38.5 Å². The number of aliphatic hydroxyl groups excluding tert-OH is 3. The normalized spacial score (nSPS) is 15.3. The number of carbonyl (C=O) groups excluding carboxylic acids is 2. The molecule has 12 heteroatoms. The molecule has 0 bridgehead atoms. The van der Waals surface area contributed by atoms with Crippen molar-refractivity contribution in [1.82, 2.24) is 0 Å². The van der Waals surface area contributed by atoms with Crippen LogP contribution in [0.15, 0.2) is 60.8 Å².